The third-order valence-electron chi connectivity index (χ3n) is 3.43. The Labute approximate surface area is 144 Å². The third-order valence-corrected chi connectivity index (χ3v) is 4.24. The maximum atomic E-state index is 8.76. The van der Waals surface area contributed by atoms with Crippen LogP contribution in [0.15, 0.2) is 35.3 Å². The van der Waals surface area contributed by atoms with Gasteiger partial charge in [0.1, 0.15) is 12.4 Å². The zero-order valence-electron chi connectivity index (χ0n) is 13.2. The summed E-state index contributed by atoms with van der Waals surface area (Å²) >= 11 is 1.44. The molecule has 0 amide bonds. The summed E-state index contributed by atoms with van der Waals surface area (Å²) < 4.78 is 5.67. The number of anilines is 1. The molecule has 0 radical (unpaired) electrons. The van der Waals surface area contributed by atoms with Crippen LogP contribution in [0.1, 0.15) is 17.8 Å². The molecular weight excluding hydrogens is 324 g/mol. The molecule has 0 spiro atoms. The van der Waals surface area contributed by atoms with Crippen LogP contribution in [-0.2, 0) is 6.61 Å². The maximum absolute atomic E-state index is 8.76. The van der Waals surface area contributed by atoms with E-state index in [2.05, 4.69) is 31.5 Å². The van der Waals surface area contributed by atoms with Crippen molar-refractivity contribution in [3.8, 4) is 11.8 Å². The van der Waals surface area contributed by atoms with Crippen LogP contribution in [0.5, 0.6) is 5.75 Å². The van der Waals surface area contributed by atoms with Crippen molar-refractivity contribution in [2.45, 2.75) is 19.4 Å². The summed E-state index contributed by atoms with van der Waals surface area (Å²) in [6, 6.07) is 11.8. The van der Waals surface area contributed by atoms with Gasteiger partial charge >= 0.3 is 0 Å². The molecule has 0 unspecified atom stereocenters. The summed E-state index contributed by atoms with van der Waals surface area (Å²) in [5.74, 6) is 1.57. The van der Waals surface area contributed by atoms with Crippen molar-refractivity contribution in [1.82, 2.24) is 15.1 Å². The number of guanidine groups is 1. The topological polar surface area (TPSA) is 86.4 Å². The van der Waals surface area contributed by atoms with Crippen molar-refractivity contribution in [3.63, 3.8) is 0 Å². The van der Waals surface area contributed by atoms with Gasteiger partial charge in [-0.25, -0.2) is 0 Å². The molecule has 1 aliphatic rings. The van der Waals surface area contributed by atoms with E-state index in [1.54, 1.807) is 0 Å². The zero-order valence-corrected chi connectivity index (χ0v) is 14.0. The first-order valence-corrected chi connectivity index (χ1v) is 8.60. The lowest BCUT2D eigenvalue weighted by Crippen LogP contribution is -2.40. The lowest BCUT2D eigenvalue weighted by molar-refractivity contribution is 0.304. The molecule has 2 aromatic rings. The Bertz CT molecular complexity index is 724. The lowest BCUT2D eigenvalue weighted by Gasteiger charge is -2.28. The van der Waals surface area contributed by atoms with Crippen molar-refractivity contribution in [3.05, 3.63) is 35.3 Å². The minimum Gasteiger partial charge on any atom is -0.486 e. The number of benzene rings is 1. The number of para-hydroxylation sites is 1. The molecule has 0 bridgehead atoms. The van der Waals surface area contributed by atoms with E-state index in [4.69, 9.17) is 10.00 Å². The fourth-order valence-electron chi connectivity index (χ4n) is 2.29. The van der Waals surface area contributed by atoms with Crippen LogP contribution < -0.4 is 10.1 Å². The van der Waals surface area contributed by atoms with E-state index in [-0.39, 0.29) is 0 Å². The molecule has 124 valence electrons. The first kappa shape index (κ1) is 16.2. The Balaban J connectivity index is 1.57. The van der Waals surface area contributed by atoms with Crippen LogP contribution in [0.25, 0.3) is 0 Å². The van der Waals surface area contributed by atoms with Crippen LogP contribution in [-0.4, -0.2) is 40.7 Å². The van der Waals surface area contributed by atoms with Crippen LogP contribution in [0.3, 0.4) is 0 Å². The van der Waals surface area contributed by atoms with Gasteiger partial charge in [0.15, 0.2) is 11.0 Å². The highest BCUT2D eigenvalue weighted by molar-refractivity contribution is 7.15. The number of aromatic nitrogens is 2. The summed E-state index contributed by atoms with van der Waals surface area (Å²) in [5.41, 5.74) is 0. The highest BCUT2D eigenvalue weighted by Crippen LogP contribution is 2.19. The van der Waals surface area contributed by atoms with Gasteiger partial charge in [-0.2, -0.15) is 5.26 Å². The molecule has 1 aliphatic heterocycles. The van der Waals surface area contributed by atoms with Crippen molar-refractivity contribution >= 4 is 22.4 Å². The average molecular weight is 342 g/mol. The fourth-order valence-corrected chi connectivity index (χ4v) is 2.94. The van der Waals surface area contributed by atoms with Gasteiger partial charge in [-0.05, 0) is 18.6 Å². The Kier molecular flexibility index (Phi) is 5.58. The van der Waals surface area contributed by atoms with E-state index in [0.717, 1.165) is 36.2 Å². The largest absolute Gasteiger partial charge is 0.486 e. The number of nitriles is 1. The van der Waals surface area contributed by atoms with Gasteiger partial charge in [0, 0.05) is 19.6 Å². The Morgan fingerprint density at radius 3 is 3.00 bits per heavy atom. The highest BCUT2D eigenvalue weighted by atomic mass is 32.1. The monoisotopic (exact) mass is 342 g/mol. The van der Waals surface area contributed by atoms with Crippen LogP contribution in [0.2, 0.25) is 0 Å². The van der Waals surface area contributed by atoms with Gasteiger partial charge in [-0.3, -0.25) is 4.99 Å². The molecule has 1 aromatic heterocycles. The van der Waals surface area contributed by atoms with Gasteiger partial charge in [-0.1, -0.05) is 29.5 Å². The van der Waals surface area contributed by atoms with Crippen molar-refractivity contribution < 1.29 is 4.74 Å². The first-order valence-electron chi connectivity index (χ1n) is 7.79. The van der Waals surface area contributed by atoms with E-state index in [0.29, 0.717) is 24.7 Å². The van der Waals surface area contributed by atoms with Gasteiger partial charge < -0.3 is 15.0 Å². The fraction of sp³-hybridized carbons (Fsp3) is 0.375. The zero-order chi connectivity index (χ0) is 16.6. The summed E-state index contributed by atoms with van der Waals surface area (Å²) in [6.45, 7) is 2.74. The molecule has 0 aliphatic carbocycles. The Morgan fingerprint density at radius 2 is 2.17 bits per heavy atom. The van der Waals surface area contributed by atoms with Gasteiger partial charge in [0.25, 0.3) is 0 Å². The molecule has 8 heteroatoms. The molecule has 0 saturated carbocycles. The molecule has 1 aromatic carbocycles. The molecule has 0 saturated heterocycles. The molecule has 1 N–H and O–H groups in total. The summed E-state index contributed by atoms with van der Waals surface area (Å²) in [6.07, 6.45) is 1.48. The van der Waals surface area contributed by atoms with Crippen molar-refractivity contribution in [1.29, 1.82) is 5.26 Å². The van der Waals surface area contributed by atoms with Gasteiger partial charge in [0.2, 0.25) is 5.13 Å². The molecule has 7 nitrogen and oxygen atoms in total. The second-order valence-corrected chi connectivity index (χ2v) is 6.24. The van der Waals surface area contributed by atoms with Crippen LogP contribution in [0.4, 0.5) is 5.13 Å². The SMILES string of the molecule is N#CCCN1CCCN=C1Nc1nnc(COc2ccccc2)s1. The number of aliphatic imine (C=N–C) groups is 1. The number of rotatable bonds is 6. The number of nitrogens with zero attached hydrogens (tertiary/aromatic N) is 5. The Morgan fingerprint density at radius 1 is 1.29 bits per heavy atom. The van der Waals surface area contributed by atoms with E-state index < -0.39 is 0 Å². The molecule has 0 fully saturated rings. The summed E-state index contributed by atoms with van der Waals surface area (Å²) in [5, 5.41) is 21.7. The van der Waals surface area contributed by atoms with E-state index in [1.807, 2.05) is 30.3 Å². The van der Waals surface area contributed by atoms with E-state index in [1.165, 1.54) is 11.3 Å². The summed E-state index contributed by atoms with van der Waals surface area (Å²) in [4.78, 5) is 6.57. The highest BCUT2D eigenvalue weighted by Gasteiger charge is 2.16. The van der Waals surface area contributed by atoms with Crippen LogP contribution >= 0.6 is 11.3 Å². The second kappa shape index (κ2) is 8.26. The van der Waals surface area contributed by atoms with Crippen molar-refractivity contribution in [2.75, 3.05) is 25.0 Å². The smallest absolute Gasteiger partial charge is 0.212 e. The van der Waals surface area contributed by atoms with Gasteiger partial charge in [0.05, 0.1) is 12.5 Å². The number of nitrogens with one attached hydrogen (secondary N) is 1. The van der Waals surface area contributed by atoms with E-state index >= 15 is 0 Å². The molecule has 2 heterocycles. The quantitative estimate of drug-likeness (QED) is 0.868. The minimum atomic E-state index is 0.383. The van der Waals surface area contributed by atoms with Crippen LogP contribution in [0, 0.1) is 11.3 Å². The molecular formula is C16H18N6OS. The Hall–Kier alpha value is -2.66. The molecule has 24 heavy (non-hydrogen) atoms. The van der Waals surface area contributed by atoms with E-state index in [9.17, 15) is 0 Å². The third kappa shape index (κ3) is 4.43. The minimum absolute atomic E-state index is 0.383. The lowest BCUT2D eigenvalue weighted by atomic mass is 10.3. The predicted octanol–water partition coefficient (Wildman–Crippen LogP) is 2.50. The number of hydrogen-bond donors (Lipinski definition) is 1. The standard InChI is InChI=1S/C16H18N6OS/c17-8-4-10-22-11-5-9-18-15(22)19-16-21-20-14(24-16)12-23-13-6-2-1-3-7-13/h1-3,6-7H,4-5,9-12H2,(H,18,19,21). The molecule has 0 atom stereocenters. The first-order chi connectivity index (χ1) is 11.8. The van der Waals surface area contributed by atoms with Crippen molar-refractivity contribution in [2.24, 2.45) is 4.99 Å². The number of hydrogen-bond acceptors (Lipinski definition) is 8. The van der Waals surface area contributed by atoms with Gasteiger partial charge in [-0.15, -0.1) is 10.2 Å². The summed E-state index contributed by atoms with van der Waals surface area (Å²) in [7, 11) is 0. The maximum Gasteiger partial charge on any atom is 0.212 e. The number of ether oxygens (including phenoxy) is 1. The predicted molar refractivity (Wildman–Crippen MR) is 93.0 cm³/mol. The second-order valence-electron chi connectivity index (χ2n) is 5.18. The average Bonchev–Trinajstić information content (AvgIpc) is 3.08. The normalized spacial score (nSPS) is 14.0. The molecule has 3 rings (SSSR count).